The number of benzene rings is 2. The number of carbonyl (C=O) groups is 2. The minimum Gasteiger partial charge on any atom is -0.479 e. The van der Waals surface area contributed by atoms with Crippen LogP contribution in [0.1, 0.15) is 25.3 Å². The number of hydrogen-bond donors (Lipinski definition) is 2. The van der Waals surface area contributed by atoms with Gasteiger partial charge in [-0.2, -0.15) is 4.31 Å². The number of nitrogens with zero attached hydrogens (tertiary/aromatic N) is 1. The number of aryl methyl sites for hydroxylation is 1. The van der Waals surface area contributed by atoms with Crippen LogP contribution >= 0.6 is 0 Å². The van der Waals surface area contributed by atoms with Crippen molar-refractivity contribution in [3.63, 3.8) is 0 Å². The summed E-state index contributed by atoms with van der Waals surface area (Å²) in [7, 11) is -3.82. The van der Waals surface area contributed by atoms with Gasteiger partial charge in [0.15, 0.2) is 6.10 Å². The molecule has 2 aromatic rings. The number of sulfonamides is 1. The largest absolute Gasteiger partial charge is 0.479 e. The first-order valence-electron chi connectivity index (χ1n) is 10.2. The minimum absolute atomic E-state index is 0.0595. The summed E-state index contributed by atoms with van der Waals surface area (Å²) in [5.74, 6) is -0.525. The molecule has 31 heavy (non-hydrogen) atoms. The lowest BCUT2D eigenvalue weighted by Crippen LogP contribution is -2.43. The molecular formula is C22H25N3O5S. The van der Waals surface area contributed by atoms with Crippen LogP contribution in [0.15, 0.2) is 47.4 Å². The van der Waals surface area contributed by atoms with Gasteiger partial charge in [-0.15, -0.1) is 0 Å². The maximum Gasteiger partial charge on any atom is 0.265 e. The quantitative estimate of drug-likeness (QED) is 0.756. The number of fused-ring (bicyclic) bond motifs is 1. The van der Waals surface area contributed by atoms with Gasteiger partial charge in [-0.05, 0) is 57.0 Å². The Morgan fingerprint density at radius 3 is 2.68 bits per heavy atom. The van der Waals surface area contributed by atoms with E-state index in [9.17, 15) is 18.0 Å². The summed E-state index contributed by atoms with van der Waals surface area (Å²) >= 11 is 0. The number of nitrogens with one attached hydrogen (secondary N) is 2. The van der Waals surface area contributed by atoms with Crippen LogP contribution in [0.4, 0.5) is 11.4 Å². The molecule has 2 heterocycles. The van der Waals surface area contributed by atoms with Crippen molar-refractivity contribution < 1.29 is 22.7 Å². The topological polar surface area (TPSA) is 105 Å². The SMILES string of the molecule is Cc1ccc(NC(=O)C2CCCN(S(=O)(=O)c3ccc4c(c3)NC(=O)C(C)O4)C2)cc1. The molecular weight excluding hydrogens is 418 g/mol. The summed E-state index contributed by atoms with van der Waals surface area (Å²) in [6.07, 6.45) is 0.577. The van der Waals surface area contributed by atoms with Crippen molar-refractivity contribution in [2.45, 2.75) is 37.7 Å². The first kappa shape index (κ1) is 21.3. The van der Waals surface area contributed by atoms with Gasteiger partial charge in [0.05, 0.1) is 16.5 Å². The van der Waals surface area contributed by atoms with E-state index >= 15 is 0 Å². The van der Waals surface area contributed by atoms with Crippen LogP contribution in [0.5, 0.6) is 5.75 Å². The number of hydrogen-bond acceptors (Lipinski definition) is 5. The van der Waals surface area contributed by atoms with Crippen LogP contribution in [0.2, 0.25) is 0 Å². The number of piperidine rings is 1. The van der Waals surface area contributed by atoms with E-state index in [2.05, 4.69) is 10.6 Å². The summed E-state index contributed by atoms with van der Waals surface area (Å²) in [4.78, 5) is 24.6. The number of anilines is 2. The maximum atomic E-state index is 13.2. The Morgan fingerprint density at radius 2 is 1.94 bits per heavy atom. The van der Waals surface area contributed by atoms with Gasteiger partial charge in [-0.3, -0.25) is 9.59 Å². The van der Waals surface area contributed by atoms with Gasteiger partial charge in [0.25, 0.3) is 5.91 Å². The molecule has 0 saturated carbocycles. The Morgan fingerprint density at radius 1 is 1.19 bits per heavy atom. The van der Waals surface area contributed by atoms with Crippen molar-refractivity contribution in [2.24, 2.45) is 5.92 Å². The molecule has 4 rings (SSSR count). The normalized spacial score (nSPS) is 21.5. The van der Waals surface area contributed by atoms with Gasteiger partial charge in [-0.25, -0.2) is 8.42 Å². The second-order valence-corrected chi connectivity index (χ2v) is 9.90. The molecule has 9 heteroatoms. The summed E-state index contributed by atoms with van der Waals surface area (Å²) in [5, 5.41) is 5.55. The lowest BCUT2D eigenvalue weighted by molar-refractivity contribution is -0.123. The molecule has 2 aliphatic rings. The van der Waals surface area contributed by atoms with E-state index in [0.29, 0.717) is 36.5 Å². The van der Waals surface area contributed by atoms with Crippen molar-refractivity contribution in [1.82, 2.24) is 4.31 Å². The first-order valence-corrected chi connectivity index (χ1v) is 11.7. The number of carbonyl (C=O) groups excluding carboxylic acids is 2. The third kappa shape index (κ3) is 4.42. The van der Waals surface area contributed by atoms with Crippen LogP contribution in [0.25, 0.3) is 0 Å². The minimum atomic E-state index is -3.82. The van der Waals surface area contributed by atoms with Gasteiger partial charge >= 0.3 is 0 Å². The van der Waals surface area contributed by atoms with Crippen molar-refractivity contribution in [1.29, 1.82) is 0 Å². The van der Waals surface area contributed by atoms with Gasteiger partial charge in [-0.1, -0.05) is 17.7 Å². The third-order valence-electron chi connectivity index (χ3n) is 5.59. The van der Waals surface area contributed by atoms with Crippen molar-refractivity contribution in [2.75, 3.05) is 23.7 Å². The Bertz CT molecular complexity index is 1110. The molecule has 8 nitrogen and oxygen atoms in total. The maximum absolute atomic E-state index is 13.2. The third-order valence-corrected chi connectivity index (χ3v) is 7.45. The van der Waals surface area contributed by atoms with E-state index < -0.39 is 22.0 Å². The summed E-state index contributed by atoms with van der Waals surface area (Å²) in [6, 6.07) is 11.9. The molecule has 164 valence electrons. The fourth-order valence-corrected chi connectivity index (χ4v) is 5.30. The zero-order chi connectivity index (χ0) is 22.2. The average molecular weight is 444 g/mol. The molecule has 0 aliphatic carbocycles. The number of amides is 2. The monoisotopic (exact) mass is 443 g/mol. The van der Waals surface area contributed by atoms with E-state index in [1.54, 1.807) is 13.0 Å². The zero-order valence-electron chi connectivity index (χ0n) is 17.4. The van der Waals surface area contributed by atoms with Crippen molar-refractivity contribution in [3.8, 4) is 5.75 Å². The van der Waals surface area contributed by atoms with Crippen LogP contribution in [0, 0.1) is 12.8 Å². The second-order valence-electron chi connectivity index (χ2n) is 7.96. The fraction of sp³-hybridized carbons (Fsp3) is 0.364. The molecule has 2 unspecified atom stereocenters. The molecule has 2 N–H and O–H groups in total. The zero-order valence-corrected chi connectivity index (χ0v) is 18.2. The highest BCUT2D eigenvalue weighted by molar-refractivity contribution is 7.89. The summed E-state index contributed by atoms with van der Waals surface area (Å²) in [5.41, 5.74) is 2.11. The molecule has 0 radical (unpaired) electrons. The Balaban J connectivity index is 1.49. The van der Waals surface area contributed by atoms with Gasteiger partial charge < -0.3 is 15.4 Å². The molecule has 2 aliphatic heterocycles. The van der Waals surface area contributed by atoms with Gasteiger partial charge in [0, 0.05) is 18.8 Å². The Hall–Kier alpha value is -2.91. The van der Waals surface area contributed by atoms with Crippen molar-refractivity contribution >= 4 is 33.2 Å². The highest BCUT2D eigenvalue weighted by atomic mass is 32.2. The van der Waals surface area contributed by atoms with Gasteiger partial charge in [0.1, 0.15) is 5.75 Å². The van der Waals surface area contributed by atoms with E-state index in [-0.39, 0.29) is 23.3 Å². The predicted molar refractivity (Wildman–Crippen MR) is 116 cm³/mol. The Kier molecular flexibility index (Phi) is 5.72. The second kappa shape index (κ2) is 8.32. The van der Waals surface area contributed by atoms with E-state index in [1.807, 2.05) is 31.2 Å². The molecule has 0 spiro atoms. The highest BCUT2D eigenvalue weighted by Gasteiger charge is 2.34. The lowest BCUT2D eigenvalue weighted by atomic mass is 9.98. The van der Waals surface area contributed by atoms with Crippen LogP contribution in [-0.2, 0) is 19.6 Å². The van der Waals surface area contributed by atoms with Crippen molar-refractivity contribution in [3.05, 3.63) is 48.0 Å². The predicted octanol–water partition coefficient (Wildman–Crippen LogP) is 2.75. The molecule has 1 fully saturated rings. The number of rotatable bonds is 4. The molecule has 0 bridgehead atoms. The first-order chi connectivity index (χ1) is 14.7. The summed E-state index contributed by atoms with van der Waals surface area (Å²) in [6.45, 7) is 4.04. The summed E-state index contributed by atoms with van der Waals surface area (Å²) < 4.78 is 33.3. The molecule has 2 atom stereocenters. The highest BCUT2D eigenvalue weighted by Crippen LogP contribution is 2.33. The lowest BCUT2D eigenvalue weighted by Gasteiger charge is -2.31. The van der Waals surface area contributed by atoms with E-state index in [1.165, 1.54) is 16.4 Å². The van der Waals surface area contributed by atoms with E-state index in [4.69, 9.17) is 4.74 Å². The fourth-order valence-electron chi connectivity index (χ4n) is 3.75. The van der Waals surface area contributed by atoms with E-state index in [0.717, 1.165) is 5.56 Å². The standard InChI is InChI=1S/C22H25N3O5S/c1-14-5-7-17(8-6-14)23-22(27)16-4-3-11-25(13-16)31(28,29)18-9-10-20-19(12-18)24-21(26)15(2)30-20/h5-10,12,15-16H,3-4,11,13H2,1-2H3,(H,23,27)(H,24,26). The molecule has 2 amide bonds. The smallest absolute Gasteiger partial charge is 0.265 e. The molecule has 1 saturated heterocycles. The molecule has 2 aromatic carbocycles. The molecule has 0 aromatic heterocycles. The average Bonchev–Trinajstić information content (AvgIpc) is 2.76. The van der Waals surface area contributed by atoms with Gasteiger partial charge in [0.2, 0.25) is 15.9 Å². The van der Waals surface area contributed by atoms with Crippen LogP contribution in [0.3, 0.4) is 0 Å². The number of ether oxygens (including phenoxy) is 1. The Labute approximate surface area is 181 Å². The van der Waals surface area contributed by atoms with Crippen LogP contribution < -0.4 is 15.4 Å². The van der Waals surface area contributed by atoms with Crippen LogP contribution in [-0.4, -0.2) is 43.7 Å².